The number of aryl methyl sites for hydroxylation is 1. The Morgan fingerprint density at radius 3 is 2.95 bits per heavy atom. The SMILES string of the molecule is Cn1ncc(C#N)c1NC(=O)c1ccc(Br)cc1Cl. The minimum absolute atomic E-state index is 0.295. The number of nitrogens with one attached hydrogen (secondary N) is 1. The molecule has 0 atom stereocenters. The van der Waals surface area contributed by atoms with Gasteiger partial charge in [0.1, 0.15) is 17.5 Å². The van der Waals surface area contributed by atoms with E-state index in [0.29, 0.717) is 22.0 Å². The van der Waals surface area contributed by atoms with Crippen molar-refractivity contribution in [2.24, 2.45) is 7.05 Å². The number of hydrogen-bond acceptors (Lipinski definition) is 3. The van der Waals surface area contributed by atoms with Crippen LogP contribution in [0.1, 0.15) is 15.9 Å². The molecule has 0 saturated carbocycles. The van der Waals surface area contributed by atoms with Crippen LogP contribution in [0.15, 0.2) is 28.9 Å². The fourth-order valence-corrected chi connectivity index (χ4v) is 2.28. The molecular formula is C12H8BrClN4O. The molecule has 2 aromatic rings. The van der Waals surface area contributed by atoms with E-state index >= 15 is 0 Å². The van der Waals surface area contributed by atoms with Gasteiger partial charge in [0.15, 0.2) is 0 Å². The number of hydrogen-bond donors (Lipinski definition) is 1. The Bertz CT molecular complexity index is 690. The zero-order valence-corrected chi connectivity index (χ0v) is 12.2. The first-order valence-corrected chi connectivity index (χ1v) is 6.38. The summed E-state index contributed by atoms with van der Waals surface area (Å²) in [7, 11) is 1.64. The highest BCUT2D eigenvalue weighted by molar-refractivity contribution is 9.10. The summed E-state index contributed by atoms with van der Waals surface area (Å²) in [6.45, 7) is 0. The van der Waals surface area contributed by atoms with Crippen LogP contribution in [0, 0.1) is 11.3 Å². The van der Waals surface area contributed by atoms with Gasteiger partial charge in [-0.2, -0.15) is 10.4 Å². The van der Waals surface area contributed by atoms with Crippen LogP contribution in [0.2, 0.25) is 5.02 Å². The summed E-state index contributed by atoms with van der Waals surface area (Å²) < 4.78 is 2.20. The maximum Gasteiger partial charge on any atom is 0.258 e. The number of carbonyl (C=O) groups excluding carboxylic acids is 1. The predicted molar refractivity (Wildman–Crippen MR) is 75.0 cm³/mol. The Morgan fingerprint density at radius 1 is 1.58 bits per heavy atom. The van der Waals surface area contributed by atoms with Crippen LogP contribution in [0.5, 0.6) is 0 Å². The summed E-state index contributed by atoms with van der Waals surface area (Å²) in [5.74, 6) is -0.0518. The molecule has 2 rings (SSSR count). The van der Waals surface area contributed by atoms with Gasteiger partial charge in [-0.25, -0.2) is 0 Å². The van der Waals surface area contributed by atoms with E-state index in [0.717, 1.165) is 4.47 Å². The minimum Gasteiger partial charge on any atom is -0.306 e. The van der Waals surface area contributed by atoms with Crippen molar-refractivity contribution in [1.82, 2.24) is 9.78 Å². The van der Waals surface area contributed by atoms with Gasteiger partial charge < -0.3 is 5.32 Å². The molecule has 96 valence electrons. The number of rotatable bonds is 2. The summed E-state index contributed by atoms with van der Waals surface area (Å²) in [6, 6.07) is 6.91. The number of amides is 1. The third kappa shape index (κ3) is 2.78. The molecule has 0 radical (unpaired) electrons. The van der Waals surface area contributed by atoms with Crippen LogP contribution in [0.25, 0.3) is 0 Å². The van der Waals surface area contributed by atoms with Crippen molar-refractivity contribution in [2.75, 3.05) is 5.32 Å². The van der Waals surface area contributed by atoms with Crippen molar-refractivity contribution in [2.45, 2.75) is 0 Å². The van der Waals surface area contributed by atoms with Gasteiger partial charge in [0.05, 0.1) is 16.8 Å². The fourth-order valence-electron chi connectivity index (χ4n) is 1.52. The van der Waals surface area contributed by atoms with Gasteiger partial charge in [-0.1, -0.05) is 27.5 Å². The lowest BCUT2D eigenvalue weighted by molar-refractivity contribution is 0.102. The number of benzene rings is 1. The van der Waals surface area contributed by atoms with Gasteiger partial charge in [0.25, 0.3) is 5.91 Å². The smallest absolute Gasteiger partial charge is 0.258 e. The minimum atomic E-state index is -0.391. The van der Waals surface area contributed by atoms with Crippen molar-refractivity contribution in [3.63, 3.8) is 0 Å². The highest BCUT2D eigenvalue weighted by Gasteiger charge is 2.15. The van der Waals surface area contributed by atoms with Gasteiger partial charge in [0.2, 0.25) is 0 Å². The molecule has 1 aromatic heterocycles. The average Bonchev–Trinajstić information content (AvgIpc) is 2.70. The summed E-state index contributed by atoms with van der Waals surface area (Å²) >= 11 is 9.27. The van der Waals surface area contributed by atoms with E-state index in [1.54, 1.807) is 25.2 Å². The number of carbonyl (C=O) groups is 1. The van der Waals surface area contributed by atoms with Crippen LogP contribution < -0.4 is 5.32 Å². The van der Waals surface area contributed by atoms with E-state index in [1.165, 1.54) is 10.9 Å². The first kappa shape index (κ1) is 13.6. The molecule has 0 aliphatic rings. The highest BCUT2D eigenvalue weighted by Crippen LogP contribution is 2.23. The lowest BCUT2D eigenvalue weighted by Crippen LogP contribution is -2.15. The summed E-state index contributed by atoms with van der Waals surface area (Å²) in [5.41, 5.74) is 0.624. The van der Waals surface area contributed by atoms with Crippen LogP contribution in [0.3, 0.4) is 0 Å². The summed E-state index contributed by atoms with van der Waals surface area (Å²) in [4.78, 5) is 12.1. The average molecular weight is 340 g/mol. The van der Waals surface area contributed by atoms with Crippen molar-refractivity contribution in [3.8, 4) is 6.07 Å². The lowest BCUT2D eigenvalue weighted by Gasteiger charge is -2.07. The summed E-state index contributed by atoms with van der Waals surface area (Å²) in [5, 5.41) is 15.8. The zero-order valence-electron chi connectivity index (χ0n) is 9.82. The molecule has 5 nitrogen and oxygen atoms in total. The maximum atomic E-state index is 12.1. The molecule has 1 N–H and O–H groups in total. The molecule has 1 amide bonds. The Morgan fingerprint density at radius 2 is 2.32 bits per heavy atom. The van der Waals surface area contributed by atoms with Gasteiger partial charge in [-0.15, -0.1) is 0 Å². The van der Waals surface area contributed by atoms with Gasteiger partial charge >= 0.3 is 0 Å². The number of nitriles is 1. The zero-order chi connectivity index (χ0) is 14.0. The highest BCUT2D eigenvalue weighted by atomic mass is 79.9. The van der Waals surface area contributed by atoms with Crippen molar-refractivity contribution in [3.05, 3.63) is 45.0 Å². The molecule has 0 bridgehead atoms. The van der Waals surface area contributed by atoms with Crippen LogP contribution in [-0.4, -0.2) is 15.7 Å². The van der Waals surface area contributed by atoms with E-state index in [9.17, 15) is 4.79 Å². The molecule has 0 saturated heterocycles. The normalized spacial score (nSPS) is 10.0. The second kappa shape index (κ2) is 5.43. The second-order valence-electron chi connectivity index (χ2n) is 3.72. The topological polar surface area (TPSA) is 70.7 Å². The van der Waals surface area contributed by atoms with Crippen molar-refractivity contribution < 1.29 is 4.79 Å². The first-order chi connectivity index (χ1) is 9.02. The fraction of sp³-hybridized carbons (Fsp3) is 0.0833. The molecule has 0 aliphatic carbocycles. The molecule has 0 spiro atoms. The molecule has 1 heterocycles. The first-order valence-electron chi connectivity index (χ1n) is 5.21. The number of halogens is 2. The van der Waals surface area contributed by atoms with Crippen LogP contribution in [0.4, 0.5) is 5.82 Å². The predicted octanol–water partition coefficient (Wildman–Crippen LogP) is 2.96. The van der Waals surface area contributed by atoms with E-state index in [2.05, 4.69) is 26.3 Å². The molecule has 0 unspecified atom stereocenters. The van der Waals surface area contributed by atoms with Gasteiger partial charge in [-0.3, -0.25) is 9.48 Å². The second-order valence-corrected chi connectivity index (χ2v) is 5.04. The van der Waals surface area contributed by atoms with E-state index in [4.69, 9.17) is 16.9 Å². The maximum absolute atomic E-state index is 12.1. The molecule has 19 heavy (non-hydrogen) atoms. The Balaban J connectivity index is 2.31. The van der Waals surface area contributed by atoms with Crippen molar-refractivity contribution >= 4 is 39.3 Å². The Labute approximate surface area is 122 Å². The number of nitrogens with zero attached hydrogens (tertiary/aromatic N) is 3. The van der Waals surface area contributed by atoms with E-state index in [-0.39, 0.29) is 0 Å². The third-order valence-electron chi connectivity index (χ3n) is 2.47. The van der Waals surface area contributed by atoms with Crippen LogP contribution >= 0.6 is 27.5 Å². The van der Waals surface area contributed by atoms with Crippen molar-refractivity contribution in [1.29, 1.82) is 5.26 Å². The standard InChI is InChI=1S/C12H8BrClN4O/c1-18-11(7(5-15)6-16-18)17-12(19)9-3-2-8(13)4-10(9)14/h2-4,6H,1H3,(H,17,19). The quantitative estimate of drug-likeness (QED) is 0.914. The third-order valence-corrected chi connectivity index (χ3v) is 3.27. The monoisotopic (exact) mass is 338 g/mol. The lowest BCUT2D eigenvalue weighted by atomic mass is 10.2. The summed E-state index contributed by atoms with van der Waals surface area (Å²) in [6.07, 6.45) is 1.39. The van der Waals surface area contributed by atoms with E-state index < -0.39 is 5.91 Å². The molecule has 0 aliphatic heterocycles. The largest absolute Gasteiger partial charge is 0.306 e. The molecule has 0 fully saturated rings. The Kier molecular flexibility index (Phi) is 3.88. The number of aromatic nitrogens is 2. The Hall–Kier alpha value is -1.84. The molecule has 1 aromatic carbocycles. The van der Waals surface area contributed by atoms with E-state index in [1.807, 2.05) is 6.07 Å². The van der Waals surface area contributed by atoms with Gasteiger partial charge in [0, 0.05) is 11.5 Å². The van der Waals surface area contributed by atoms with Gasteiger partial charge in [-0.05, 0) is 18.2 Å². The van der Waals surface area contributed by atoms with Crippen LogP contribution in [-0.2, 0) is 7.05 Å². The number of anilines is 1. The molecule has 7 heteroatoms. The molecular weight excluding hydrogens is 332 g/mol.